The standard InChI is InChI=1S/C17H23F3N2S/c18-17(19,20)15-3-1-14(2-4-15)13-21-7-5-16(6-8-21)22-9-11-23-12-10-22/h1-4,16H,5-13H2. The average Bonchev–Trinajstić information content (AvgIpc) is 2.56. The predicted molar refractivity (Wildman–Crippen MR) is 88.6 cm³/mol. The molecular weight excluding hydrogens is 321 g/mol. The minimum absolute atomic E-state index is 0.567. The third-order valence-corrected chi connectivity index (χ3v) is 5.75. The second-order valence-corrected chi connectivity index (χ2v) is 7.58. The molecule has 2 aliphatic rings. The SMILES string of the molecule is FC(F)(F)c1ccc(CN2CCC(N3CCSCC3)CC2)cc1. The third-order valence-electron chi connectivity index (χ3n) is 4.81. The van der Waals surface area contributed by atoms with Crippen LogP contribution in [-0.2, 0) is 12.7 Å². The summed E-state index contributed by atoms with van der Waals surface area (Å²) in [7, 11) is 0. The van der Waals surface area contributed by atoms with Crippen molar-refractivity contribution in [3.63, 3.8) is 0 Å². The number of likely N-dealkylation sites (tertiary alicyclic amines) is 1. The second kappa shape index (κ2) is 7.45. The smallest absolute Gasteiger partial charge is 0.299 e. The summed E-state index contributed by atoms with van der Waals surface area (Å²) in [5.41, 5.74) is 0.397. The molecule has 1 aromatic carbocycles. The summed E-state index contributed by atoms with van der Waals surface area (Å²) in [6.07, 6.45) is -1.90. The van der Waals surface area contributed by atoms with Crippen molar-refractivity contribution in [2.45, 2.75) is 31.6 Å². The first-order valence-electron chi connectivity index (χ1n) is 8.23. The van der Waals surface area contributed by atoms with E-state index in [0.29, 0.717) is 6.04 Å². The molecule has 0 saturated carbocycles. The fourth-order valence-corrected chi connectivity index (χ4v) is 4.37. The van der Waals surface area contributed by atoms with Gasteiger partial charge in [0.15, 0.2) is 0 Å². The lowest BCUT2D eigenvalue weighted by molar-refractivity contribution is -0.137. The lowest BCUT2D eigenvalue weighted by atomic mass is 10.0. The molecule has 0 spiro atoms. The molecule has 2 aliphatic heterocycles. The minimum atomic E-state index is -4.25. The van der Waals surface area contributed by atoms with Crippen LogP contribution in [0.5, 0.6) is 0 Å². The molecule has 1 aromatic rings. The molecule has 0 N–H and O–H groups in total. The number of rotatable bonds is 3. The van der Waals surface area contributed by atoms with Crippen molar-refractivity contribution in [2.75, 3.05) is 37.7 Å². The van der Waals surface area contributed by atoms with E-state index in [-0.39, 0.29) is 0 Å². The molecule has 0 radical (unpaired) electrons. The van der Waals surface area contributed by atoms with Crippen molar-refractivity contribution in [1.29, 1.82) is 0 Å². The number of benzene rings is 1. The summed E-state index contributed by atoms with van der Waals surface area (Å²) < 4.78 is 37.7. The van der Waals surface area contributed by atoms with Gasteiger partial charge in [-0.1, -0.05) is 12.1 Å². The molecule has 23 heavy (non-hydrogen) atoms. The van der Waals surface area contributed by atoms with E-state index in [0.717, 1.165) is 25.2 Å². The number of thioether (sulfide) groups is 1. The number of nitrogens with zero attached hydrogens (tertiary/aromatic N) is 2. The van der Waals surface area contributed by atoms with Crippen molar-refractivity contribution < 1.29 is 13.2 Å². The number of hydrogen-bond donors (Lipinski definition) is 0. The van der Waals surface area contributed by atoms with Crippen LogP contribution in [0.2, 0.25) is 0 Å². The zero-order valence-electron chi connectivity index (χ0n) is 13.2. The zero-order valence-corrected chi connectivity index (χ0v) is 14.0. The second-order valence-electron chi connectivity index (χ2n) is 6.35. The molecule has 0 amide bonds. The summed E-state index contributed by atoms with van der Waals surface area (Å²) in [5.74, 6) is 2.48. The van der Waals surface area contributed by atoms with Crippen LogP contribution in [-0.4, -0.2) is 53.5 Å². The van der Waals surface area contributed by atoms with Gasteiger partial charge in [-0.2, -0.15) is 24.9 Å². The molecule has 6 heteroatoms. The van der Waals surface area contributed by atoms with E-state index in [1.165, 1.54) is 49.6 Å². The number of hydrogen-bond acceptors (Lipinski definition) is 3. The summed E-state index contributed by atoms with van der Waals surface area (Å²) in [6.45, 7) is 5.23. The Kier molecular flexibility index (Phi) is 5.54. The van der Waals surface area contributed by atoms with Gasteiger partial charge in [0, 0.05) is 37.2 Å². The fourth-order valence-electron chi connectivity index (χ4n) is 3.44. The largest absolute Gasteiger partial charge is 0.416 e. The van der Waals surface area contributed by atoms with E-state index in [4.69, 9.17) is 0 Å². The first-order chi connectivity index (χ1) is 11.0. The number of piperidine rings is 1. The van der Waals surface area contributed by atoms with Crippen LogP contribution in [0.1, 0.15) is 24.0 Å². The Hall–Kier alpha value is -0.720. The van der Waals surface area contributed by atoms with Crippen molar-refractivity contribution in [3.8, 4) is 0 Å². The molecule has 0 unspecified atom stereocenters. The van der Waals surface area contributed by atoms with Gasteiger partial charge >= 0.3 is 6.18 Å². The molecule has 0 bridgehead atoms. The third kappa shape index (κ3) is 4.64. The quantitative estimate of drug-likeness (QED) is 0.825. The maximum atomic E-state index is 12.6. The molecule has 0 atom stereocenters. The Labute approximate surface area is 140 Å². The van der Waals surface area contributed by atoms with E-state index < -0.39 is 11.7 Å². The number of alkyl halides is 3. The van der Waals surface area contributed by atoms with Gasteiger partial charge < -0.3 is 0 Å². The molecule has 0 aromatic heterocycles. The van der Waals surface area contributed by atoms with E-state index in [1.807, 2.05) is 11.8 Å². The topological polar surface area (TPSA) is 6.48 Å². The number of halogens is 3. The Balaban J connectivity index is 1.48. The molecule has 2 heterocycles. The summed E-state index contributed by atoms with van der Waals surface area (Å²) in [4.78, 5) is 4.98. The van der Waals surface area contributed by atoms with Crippen LogP contribution >= 0.6 is 11.8 Å². The summed E-state index contributed by atoms with van der Waals surface area (Å²) >= 11 is 2.04. The maximum absolute atomic E-state index is 12.6. The lowest BCUT2D eigenvalue weighted by Crippen LogP contribution is -2.47. The van der Waals surface area contributed by atoms with Gasteiger partial charge in [-0.25, -0.2) is 0 Å². The van der Waals surface area contributed by atoms with Crippen LogP contribution in [0.25, 0.3) is 0 Å². The highest BCUT2D eigenvalue weighted by atomic mass is 32.2. The van der Waals surface area contributed by atoms with Crippen molar-refractivity contribution >= 4 is 11.8 Å². The Morgan fingerprint density at radius 3 is 2.13 bits per heavy atom. The molecule has 2 saturated heterocycles. The zero-order chi connectivity index (χ0) is 16.3. The van der Waals surface area contributed by atoms with Crippen LogP contribution in [0, 0.1) is 0 Å². The van der Waals surface area contributed by atoms with Crippen LogP contribution < -0.4 is 0 Å². The van der Waals surface area contributed by atoms with E-state index in [2.05, 4.69) is 9.80 Å². The Bertz CT molecular complexity index is 490. The fraction of sp³-hybridized carbons (Fsp3) is 0.647. The first kappa shape index (κ1) is 17.1. The monoisotopic (exact) mass is 344 g/mol. The van der Waals surface area contributed by atoms with E-state index in [1.54, 1.807) is 12.1 Å². The van der Waals surface area contributed by atoms with Gasteiger partial charge in [0.1, 0.15) is 0 Å². The highest BCUT2D eigenvalue weighted by Gasteiger charge is 2.30. The average molecular weight is 344 g/mol. The van der Waals surface area contributed by atoms with Crippen LogP contribution in [0.3, 0.4) is 0 Å². The molecule has 2 fully saturated rings. The highest BCUT2D eigenvalue weighted by Crippen LogP contribution is 2.29. The molecule has 0 aliphatic carbocycles. The predicted octanol–water partition coefficient (Wildman–Crippen LogP) is 3.72. The Morgan fingerprint density at radius 1 is 0.957 bits per heavy atom. The molecule has 3 rings (SSSR count). The summed E-state index contributed by atoms with van der Waals surface area (Å²) in [6, 6.07) is 6.29. The molecule has 128 valence electrons. The van der Waals surface area contributed by atoms with Gasteiger partial charge in [-0.3, -0.25) is 9.80 Å². The van der Waals surface area contributed by atoms with Gasteiger partial charge in [0.2, 0.25) is 0 Å². The van der Waals surface area contributed by atoms with E-state index >= 15 is 0 Å². The van der Waals surface area contributed by atoms with Crippen molar-refractivity contribution in [2.24, 2.45) is 0 Å². The van der Waals surface area contributed by atoms with Crippen molar-refractivity contribution in [1.82, 2.24) is 9.80 Å². The van der Waals surface area contributed by atoms with Crippen LogP contribution in [0.4, 0.5) is 13.2 Å². The van der Waals surface area contributed by atoms with Gasteiger partial charge in [0.25, 0.3) is 0 Å². The van der Waals surface area contributed by atoms with E-state index in [9.17, 15) is 13.2 Å². The summed E-state index contributed by atoms with van der Waals surface area (Å²) in [5, 5.41) is 0. The van der Waals surface area contributed by atoms with Gasteiger partial charge in [0.05, 0.1) is 5.56 Å². The van der Waals surface area contributed by atoms with Crippen molar-refractivity contribution in [3.05, 3.63) is 35.4 Å². The lowest BCUT2D eigenvalue weighted by Gasteiger charge is -2.40. The Morgan fingerprint density at radius 2 is 1.57 bits per heavy atom. The van der Waals surface area contributed by atoms with Gasteiger partial charge in [-0.15, -0.1) is 0 Å². The first-order valence-corrected chi connectivity index (χ1v) is 9.38. The minimum Gasteiger partial charge on any atom is -0.299 e. The molecular formula is C17H23F3N2S. The normalized spacial score (nSPS) is 22.4. The van der Waals surface area contributed by atoms with Gasteiger partial charge in [-0.05, 0) is 43.6 Å². The molecule has 2 nitrogen and oxygen atoms in total. The van der Waals surface area contributed by atoms with Crippen LogP contribution in [0.15, 0.2) is 24.3 Å². The maximum Gasteiger partial charge on any atom is 0.416 e. The highest BCUT2D eigenvalue weighted by molar-refractivity contribution is 7.99.